The molecule has 1 atom stereocenters. The number of carboxylic acid groups (broad SMARTS) is 1. The molecule has 0 saturated heterocycles. The number of benzene rings is 1. The average molecular weight is 337 g/mol. The van der Waals surface area contributed by atoms with Gasteiger partial charge in [-0.1, -0.05) is 0 Å². The summed E-state index contributed by atoms with van der Waals surface area (Å²) in [5.74, 6) is -2.27. The molecule has 0 spiro atoms. The highest BCUT2D eigenvalue weighted by Gasteiger charge is 2.17. The van der Waals surface area contributed by atoms with E-state index in [9.17, 15) is 14.0 Å². The van der Waals surface area contributed by atoms with Crippen molar-refractivity contribution in [2.75, 3.05) is 0 Å². The van der Waals surface area contributed by atoms with E-state index in [1.54, 1.807) is 0 Å². The molecule has 2 N–H and O–H groups in total. The first-order valence-corrected chi connectivity index (χ1v) is 5.48. The summed E-state index contributed by atoms with van der Waals surface area (Å²) in [6.07, 6.45) is 0. The van der Waals surface area contributed by atoms with Gasteiger partial charge in [0.15, 0.2) is 0 Å². The lowest BCUT2D eigenvalue weighted by Crippen LogP contribution is -2.38. The van der Waals surface area contributed by atoms with Gasteiger partial charge < -0.3 is 10.4 Å². The predicted molar refractivity (Wildman–Crippen MR) is 63.7 cm³/mol. The Morgan fingerprint density at radius 3 is 2.69 bits per heavy atom. The maximum absolute atomic E-state index is 12.9. The van der Waals surface area contributed by atoms with E-state index in [4.69, 9.17) is 5.11 Å². The largest absolute Gasteiger partial charge is 0.480 e. The van der Waals surface area contributed by atoms with E-state index in [0.29, 0.717) is 3.57 Å². The lowest BCUT2D eigenvalue weighted by Gasteiger charge is -2.10. The number of aliphatic carboxylic acids is 1. The molecule has 4 nitrogen and oxygen atoms in total. The minimum absolute atomic E-state index is 0.133. The number of carbonyl (C=O) groups excluding carboxylic acids is 1. The van der Waals surface area contributed by atoms with E-state index in [-0.39, 0.29) is 5.56 Å². The van der Waals surface area contributed by atoms with Gasteiger partial charge in [-0.3, -0.25) is 9.59 Å². The average Bonchev–Trinajstić information content (AvgIpc) is 2.21. The molecule has 0 saturated carbocycles. The third-order valence-electron chi connectivity index (χ3n) is 1.89. The quantitative estimate of drug-likeness (QED) is 0.824. The van der Waals surface area contributed by atoms with Crippen molar-refractivity contribution >= 4 is 34.5 Å². The molecule has 0 heterocycles. The standard InChI is InChI=1S/C10H9FINO3/c1-5(10(15)16)13-9(14)7-4-6(11)2-3-8(7)12/h2-5H,1H3,(H,13,14)(H,15,16)/t5-/m1/s1. The van der Waals surface area contributed by atoms with Crippen LogP contribution in [0.5, 0.6) is 0 Å². The van der Waals surface area contributed by atoms with Crippen LogP contribution >= 0.6 is 22.6 Å². The van der Waals surface area contributed by atoms with Crippen LogP contribution < -0.4 is 5.32 Å². The number of nitrogens with one attached hydrogen (secondary N) is 1. The zero-order valence-corrected chi connectivity index (χ0v) is 10.5. The highest BCUT2D eigenvalue weighted by Crippen LogP contribution is 2.13. The van der Waals surface area contributed by atoms with Crippen LogP contribution in [0, 0.1) is 9.39 Å². The molecule has 0 aliphatic rings. The first-order valence-electron chi connectivity index (χ1n) is 4.40. The molecule has 16 heavy (non-hydrogen) atoms. The van der Waals surface area contributed by atoms with Gasteiger partial charge in [-0.15, -0.1) is 0 Å². The van der Waals surface area contributed by atoms with Crippen LogP contribution in [0.3, 0.4) is 0 Å². The number of carboxylic acids is 1. The fraction of sp³-hybridized carbons (Fsp3) is 0.200. The van der Waals surface area contributed by atoms with Gasteiger partial charge in [0.25, 0.3) is 5.91 Å². The van der Waals surface area contributed by atoms with Gasteiger partial charge in [0, 0.05) is 3.57 Å². The molecule has 0 unspecified atom stereocenters. The van der Waals surface area contributed by atoms with Crippen molar-refractivity contribution in [2.24, 2.45) is 0 Å². The summed E-state index contributed by atoms with van der Waals surface area (Å²) in [5, 5.41) is 10.9. The van der Waals surface area contributed by atoms with Crippen molar-refractivity contribution in [1.29, 1.82) is 0 Å². The van der Waals surface area contributed by atoms with Crippen LogP contribution in [0.15, 0.2) is 18.2 Å². The smallest absolute Gasteiger partial charge is 0.325 e. The lowest BCUT2D eigenvalue weighted by molar-refractivity contribution is -0.138. The highest BCUT2D eigenvalue weighted by molar-refractivity contribution is 14.1. The third-order valence-corrected chi connectivity index (χ3v) is 2.83. The number of carbonyl (C=O) groups is 2. The van der Waals surface area contributed by atoms with Crippen LogP contribution in [0.2, 0.25) is 0 Å². The summed E-state index contributed by atoms with van der Waals surface area (Å²) < 4.78 is 13.5. The number of halogens is 2. The number of hydrogen-bond acceptors (Lipinski definition) is 2. The molecule has 86 valence electrons. The van der Waals surface area contributed by atoms with Crippen LogP contribution in [0.4, 0.5) is 4.39 Å². The second-order valence-electron chi connectivity index (χ2n) is 3.16. The molecular weight excluding hydrogens is 328 g/mol. The summed E-state index contributed by atoms with van der Waals surface area (Å²) in [7, 11) is 0. The second kappa shape index (κ2) is 5.24. The predicted octanol–water partition coefficient (Wildman–Crippen LogP) is 1.63. The van der Waals surface area contributed by atoms with Crippen molar-refractivity contribution in [2.45, 2.75) is 13.0 Å². The normalized spacial score (nSPS) is 11.9. The van der Waals surface area contributed by atoms with Crippen LogP contribution in [0.25, 0.3) is 0 Å². The van der Waals surface area contributed by atoms with Gasteiger partial charge >= 0.3 is 5.97 Å². The van der Waals surface area contributed by atoms with Crippen molar-refractivity contribution in [3.63, 3.8) is 0 Å². The first-order chi connectivity index (χ1) is 7.41. The fourth-order valence-corrected chi connectivity index (χ4v) is 1.59. The second-order valence-corrected chi connectivity index (χ2v) is 4.32. The number of rotatable bonds is 3. The first kappa shape index (κ1) is 12.9. The molecule has 0 aromatic heterocycles. The van der Waals surface area contributed by atoms with E-state index < -0.39 is 23.7 Å². The maximum Gasteiger partial charge on any atom is 0.325 e. The van der Waals surface area contributed by atoms with E-state index in [2.05, 4.69) is 5.32 Å². The van der Waals surface area contributed by atoms with Crippen molar-refractivity contribution in [3.8, 4) is 0 Å². The van der Waals surface area contributed by atoms with E-state index in [1.807, 2.05) is 22.6 Å². The van der Waals surface area contributed by atoms with Gasteiger partial charge in [-0.05, 0) is 47.7 Å². The highest BCUT2D eigenvalue weighted by atomic mass is 127. The van der Waals surface area contributed by atoms with Crippen LogP contribution in [-0.2, 0) is 4.79 Å². The molecule has 0 bridgehead atoms. The monoisotopic (exact) mass is 337 g/mol. The Kier molecular flexibility index (Phi) is 4.22. The zero-order chi connectivity index (χ0) is 12.3. The molecule has 1 amide bonds. The molecular formula is C10H9FINO3. The minimum Gasteiger partial charge on any atom is -0.480 e. The Labute approximate surface area is 105 Å². The minimum atomic E-state index is -1.14. The Bertz CT molecular complexity index is 436. The summed E-state index contributed by atoms with van der Waals surface area (Å²) in [6, 6.07) is 2.76. The van der Waals surface area contributed by atoms with Gasteiger partial charge in [-0.25, -0.2) is 4.39 Å². The van der Waals surface area contributed by atoms with Crippen LogP contribution in [-0.4, -0.2) is 23.0 Å². The van der Waals surface area contributed by atoms with Crippen LogP contribution in [0.1, 0.15) is 17.3 Å². The SMILES string of the molecule is C[C@@H](NC(=O)c1cc(F)ccc1I)C(=O)O. The zero-order valence-electron chi connectivity index (χ0n) is 8.33. The summed E-state index contributed by atoms with van der Waals surface area (Å²) in [4.78, 5) is 22.1. The molecule has 0 aliphatic heterocycles. The summed E-state index contributed by atoms with van der Waals surface area (Å²) >= 11 is 1.88. The Morgan fingerprint density at radius 2 is 2.12 bits per heavy atom. The molecule has 0 fully saturated rings. The molecule has 0 radical (unpaired) electrons. The lowest BCUT2D eigenvalue weighted by atomic mass is 10.2. The van der Waals surface area contributed by atoms with Gasteiger partial charge in [0.05, 0.1) is 5.56 Å². The third kappa shape index (κ3) is 3.16. The van der Waals surface area contributed by atoms with Gasteiger partial charge in [0.1, 0.15) is 11.9 Å². The molecule has 1 aromatic carbocycles. The topological polar surface area (TPSA) is 66.4 Å². The van der Waals surface area contributed by atoms with Gasteiger partial charge in [0.2, 0.25) is 0 Å². The maximum atomic E-state index is 12.9. The van der Waals surface area contributed by atoms with Crippen molar-refractivity contribution < 1.29 is 19.1 Å². The van der Waals surface area contributed by atoms with Gasteiger partial charge in [-0.2, -0.15) is 0 Å². The molecule has 1 aromatic rings. The Morgan fingerprint density at radius 1 is 1.50 bits per heavy atom. The Balaban J connectivity index is 2.88. The van der Waals surface area contributed by atoms with Crippen molar-refractivity contribution in [1.82, 2.24) is 5.32 Å². The molecule has 0 aliphatic carbocycles. The van der Waals surface area contributed by atoms with E-state index in [1.165, 1.54) is 19.1 Å². The van der Waals surface area contributed by atoms with E-state index >= 15 is 0 Å². The Hall–Kier alpha value is -1.18. The van der Waals surface area contributed by atoms with Crippen molar-refractivity contribution in [3.05, 3.63) is 33.1 Å². The summed E-state index contributed by atoms with van der Waals surface area (Å²) in [5.41, 5.74) is 0.133. The van der Waals surface area contributed by atoms with E-state index in [0.717, 1.165) is 6.07 Å². The number of amides is 1. The summed E-state index contributed by atoms with van der Waals surface area (Å²) in [6.45, 7) is 1.34. The molecule has 1 rings (SSSR count). The number of hydrogen-bond donors (Lipinski definition) is 2. The fourth-order valence-electron chi connectivity index (χ4n) is 1.01. The molecule has 6 heteroatoms.